The summed E-state index contributed by atoms with van der Waals surface area (Å²) in [5.41, 5.74) is 1.21. The van der Waals surface area contributed by atoms with Crippen LogP contribution < -0.4 is 0 Å². The summed E-state index contributed by atoms with van der Waals surface area (Å²) < 4.78 is 0. The van der Waals surface area contributed by atoms with Gasteiger partial charge in [-0.25, -0.2) is 0 Å². The van der Waals surface area contributed by atoms with Crippen molar-refractivity contribution < 1.29 is 0 Å². The van der Waals surface area contributed by atoms with E-state index in [-0.39, 0.29) is 0 Å². The first-order valence-corrected chi connectivity index (χ1v) is 10.4. The van der Waals surface area contributed by atoms with Crippen LogP contribution in [-0.2, 0) is 0 Å². The third-order valence-corrected chi connectivity index (χ3v) is 5.67. The molecule has 0 fully saturated rings. The van der Waals surface area contributed by atoms with Crippen LogP contribution in [0, 0.1) is 0 Å². The van der Waals surface area contributed by atoms with Crippen molar-refractivity contribution in [2.24, 2.45) is 0 Å². The van der Waals surface area contributed by atoms with Crippen LogP contribution in [-0.4, -0.2) is 19.9 Å². The van der Waals surface area contributed by atoms with Gasteiger partial charge in [0.15, 0.2) is 0 Å². The minimum Gasteiger partial charge on any atom is -0.361 e. The molecule has 1 aromatic heterocycles. The third kappa shape index (κ3) is 7.77. The SMILES string of the molecule is CCCCC[Se]CCCCC.c1ccc2[nH]ccc2c1. The quantitative estimate of drug-likeness (QED) is 0.444. The molecule has 0 aliphatic rings. The standard InChI is InChI=1S/C10H22Se.C8H7N/c1-3-5-7-9-11-10-8-6-4-2;1-2-4-8-7(3-1)5-6-9-8/h3-10H2,1-2H3;1-6,9H. The molecule has 20 heavy (non-hydrogen) atoms. The molecule has 0 aliphatic carbocycles. The predicted octanol–water partition coefficient (Wildman–Crippen LogP) is 6.08. The van der Waals surface area contributed by atoms with Crippen molar-refractivity contribution in [1.29, 1.82) is 0 Å². The van der Waals surface area contributed by atoms with Gasteiger partial charge in [0.1, 0.15) is 0 Å². The first-order chi connectivity index (χ1) is 9.88. The monoisotopic (exact) mass is 339 g/mol. The molecular formula is C18H29NSe. The zero-order valence-corrected chi connectivity index (χ0v) is 14.7. The van der Waals surface area contributed by atoms with E-state index in [0.29, 0.717) is 0 Å². The zero-order valence-electron chi connectivity index (χ0n) is 13.0. The Kier molecular flexibility index (Phi) is 10.4. The van der Waals surface area contributed by atoms with Crippen LogP contribution in [0.5, 0.6) is 0 Å². The van der Waals surface area contributed by atoms with E-state index in [1.807, 2.05) is 18.3 Å². The predicted molar refractivity (Wildman–Crippen MR) is 92.7 cm³/mol. The number of para-hydroxylation sites is 1. The Bertz CT molecular complexity index is 397. The Morgan fingerprint density at radius 1 is 0.850 bits per heavy atom. The van der Waals surface area contributed by atoms with Gasteiger partial charge in [-0.3, -0.25) is 0 Å². The number of H-pyrrole nitrogens is 1. The van der Waals surface area contributed by atoms with E-state index in [2.05, 4.69) is 37.0 Å². The second kappa shape index (κ2) is 12.1. The second-order valence-corrected chi connectivity index (χ2v) is 7.66. The van der Waals surface area contributed by atoms with Crippen molar-refractivity contribution in [1.82, 2.24) is 4.98 Å². The van der Waals surface area contributed by atoms with Gasteiger partial charge >= 0.3 is 78.0 Å². The summed E-state index contributed by atoms with van der Waals surface area (Å²) in [6.45, 7) is 4.56. The molecule has 1 heterocycles. The van der Waals surface area contributed by atoms with E-state index in [1.165, 1.54) is 60.1 Å². The van der Waals surface area contributed by atoms with E-state index in [9.17, 15) is 0 Å². The fourth-order valence-electron chi connectivity index (χ4n) is 2.01. The van der Waals surface area contributed by atoms with Crippen molar-refractivity contribution >= 4 is 25.9 Å². The van der Waals surface area contributed by atoms with Crippen LogP contribution in [0.4, 0.5) is 0 Å². The molecule has 0 unspecified atom stereocenters. The molecule has 1 aromatic carbocycles. The molecule has 2 rings (SSSR count). The van der Waals surface area contributed by atoms with E-state index < -0.39 is 0 Å². The van der Waals surface area contributed by atoms with Crippen LogP contribution in [0.15, 0.2) is 36.5 Å². The summed E-state index contributed by atoms with van der Waals surface area (Å²) in [5.74, 6) is 0. The maximum absolute atomic E-state index is 3.12. The Morgan fingerprint density at radius 3 is 2.10 bits per heavy atom. The minimum absolute atomic E-state index is 0.977. The van der Waals surface area contributed by atoms with Crippen LogP contribution in [0.25, 0.3) is 10.9 Å². The summed E-state index contributed by atoms with van der Waals surface area (Å²) in [7, 11) is 0. The maximum Gasteiger partial charge on any atom is 0.0453 e. The average Bonchev–Trinajstić information content (AvgIpc) is 2.95. The summed E-state index contributed by atoms with van der Waals surface area (Å²) in [6.07, 6.45) is 10.6. The van der Waals surface area contributed by atoms with Gasteiger partial charge in [-0.05, 0) is 17.5 Å². The van der Waals surface area contributed by atoms with Crippen molar-refractivity contribution in [2.45, 2.75) is 63.0 Å². The van der Waals surface area contributed by atoms with Gasteiger partial charge in [0, 0.05) is 11.7 Å². The normalized spacial score (nSPS) is 10.3. The molecule has 112 valence electrons. The van der Waals surface area contributed by atoms with Gasteiger partial charge in [0.2, 0.25) is 0 Å². The number of benzene rings is 1. The minimum atomic E-state index is 0.977. The van der Waals surface area contributed by atoms with Crippen LogP contribution in [0.3, 0.4) is 0 Å². The fourth-order valence-corrected chi connectivity index (χ4v) is 4.15. The Morgan fingerprint density at radius 2 is 1.50 bits per heavy atom. The van der Waals surface area contributed by atoms with Gasteiger partial charge in [0.05, 0.1) is 0 Å². The van der Waals surface area contributed by atoms with Gasteiger partial charge in [-0.1, -0.05) is 18.2 Å². The van der Waals surface area contributed by atoms with E-state index in [0.717, 1.165) is 15.0 Å². The number of nitrogens with one attached hydrogen (secondary N) is 1. The number of fused-ring (bicyclic) bond motifs is 1. The molecule has 0 saturated heterocycles. The molecule has 2 heteroatoms. The third-order valence-electron chi connectivity index (χ3n) is 3.25. The van der Waals surface area contributed by atoms with E-state index >= 15 is 0 Å². The molecule has 1 nitrogen and oxygen atoms in total. The van der Waals surface area contributed by atoms with Crippen LogP contribution in [0.2, 0.25) is 10.6 Å². The molecule has 1 N–H and O–H groups in total. The molecule has 0 radical (unpaired) electrons. The summed E-state index contributed by atoms with van der Waals surface area (Å²) in [6, 6.07) is 10.3. The number of hydrogen-bond acceptors (Lipinski definition) is 0. The number of unbranched alkanes of at least 4 members (excludes halogenated alkanes) is 4. The van der Waals surface area contributed by atoms with Gasteiger partial charge in [-0.2, -0.15) is 0 Å². The maximum atomic E-state index is 3.12. The molecule has 0 spiro atoms. The van der Waals surface area contributed by atoms with Crippen LogP contribution in [0.1, 0.15) is 52.4 Å². The molecule has 0 atom stereocenters. The number of hydrogen-bond donors (Lipinski definition) is 1. The Balaban J connectivity index is 0.000000202. The molecule has 2 aromatic rings. The molecule has 0 saturated carbocycles. The van der Waals surface area contributed by atoms with E-state index in [4.69, 9.17) is 0 Å². The van der Waals surface area contributed by atoms with Crippen molar-refractivity contribution in [3.8, 4) is 0 Å². The molecule has 0 aliphatic heterocycles. The molecule has 0 amide bonds. The van der Waals surface area contributed by atoms with Gasteiger partial charge in [0.25, 0.3) is 0 Å². The summed E-state index contributed by atoms with van der Waals surface area (Å²) in [4.78, 5) is 3.12. The Labute approximate surface area is 130 Å². The van der Waals surface area contributed by atoms with Crippen LogP contribution >= 0.6 is 0 Å². The first kappa shape index (κ1) is 17.3. The second-order valence-electron chi connectivity index (χ2n) is 5.09. The number of rotatable bonds is 8. The summed E-state index contributed by atoms with van der Waals surface area (Å²) in [5, 5.41) is 4.34. The van der Waals surface area contributed by atoms with Gasteiger partial charge in [-0.15, -0.1) is 0 Å². The van der Waals surface area contributed by atoms with Gasteiger partial charge < -0.3 is 4.98 Å². The largest absolute Gasteiger partial charge is 0.361 e. The van der Waals surface area contributed by atoms with E-state index in [1.54, 1.807) is 0 Å². The van der Waals surface area contributed by atoms with Crippen molar-refractivity contribution in [3.05, 3.63) is 36.5 Å². The Hall–Kier alpha value is -0.721. The number of aromatic amines is 1. The fraction of sp³-hybridized carbons (Fsp3) is 0.556. The smallest absolute Gasteiger partial charge is 0.0453 e. The van der Waals surface area contributed by atoms with Crippen molar-refractivity contribution in [3.63, 3.8) is 0 Å². The summed E-state index contributed by atoms with van der Waals surface area (Å²) >= 11 is 0.977. The average molecular weight is 338 g/mol. The van der Waals surface area contributed by atoms with Crippen molar-refractivity contribution in [2.75, 3.05) is 0 Å². The topological polar surface area (TPSA) is 15.8 Å². The number of aromatic nitrogens is 1. The zero-order chi connectivity index (χ0) is 14.5. The molecule has 0 bridgehead atoms. The first-order valence-electron chi connectivity index (χ1n) is 7.98. The molecular weight excluding hydrogens is 309 g/mol.